The van der Waals surface area contributed by atoms with Crippen molar-refractivity contribution in [3.63, 3.8) is 0 Å². The van der Waals surface area contributed by atoms with Gasteiger partial charge in [-0.2, -0.15) is 0 Å². The largest absolute Gasteiger partial charge is 0.374 e. The third-order valence-corrected chi connectivity index (χ3v) is 4.86. The van der Waals surface area contributed by atoms with Crippen LogP contribution in [0.1, 0.15) is 5.56 Å². The first-order valence-corrected chi connectivity index (χ1v) is 9.17. The highest BCUT2D eigenvalue weighted by molar-refractivity contribution is 6.04. The van der Waals surface area contributed by atoms with Gasteiger partial charge in [0.25, 0.3) is 0 Å². The predicted octanol–water partition coefficient (Wildman–Crippen LogP) is 4.42. The molecule has 0 saturated heterocycles. The lowest BCUT2D eigenvalue weighted by molar-refractivity contribution is -0.114. The number of imidazole rings is 1. The molecule has 2 aromatic carbocycles. The van der Waals surface area contributed by atoms with E-state index in [4.69, 9.17) is 4.98 Å². The highest BCUT2D eigenvalue weighted by Gasteiger charge is 2.22. The topological polar surface area (TPSA) is 70.5 Å². The minimum Gasteiger partial charge on any atom is -0.374 e. The molecule has 0 bridgehead atoms. The van der Waals surface area contributed by atoms with Crippen molar-refractivity contribution in [1.82, 2.24) is 9.38 Å². The summed E-state index contributed by atoms with van der Waals surface area (Å²) in [4.78, 5) is 16.6. The smallest absolute Gasteiger partial charge is 0.243 e. The number of carbonyl (C=O) groups excluding carboxylic acids is 1. The van der Waals surface area contributed by atoms with Crippen molar-refractivity contribution < 1.29 is 4.79 Å². The van der Waals surface area contributed by atoms with E-state index in [9.17, 15) is 4.79 Å². The number of para-hydroxylation sites is 1. The van der Waals surface area contributed by atoms with Crippen molar-refractivity contribution in [2.75, 3.05) is 22.5 Å². The Hall–Kier alpha value is -3.80. The number of nitrogens with one attached hydrogen (secondary N) is 3. The number of fused-ring (bicyclic) bond motifs is 2. The molecule has 3 heterocycles. The van der Waals surface area contributed by atoms with Crippen LogP contribution >= 0.6 is 0 Å². The number of amides is 1. The van der Waals surface area contributed by atoms with E-state index in [1.165, 1.54) is 5.56 Å². The molecule has 0 spiro atoms. The maximum atomic E-state index is 11.7. The Morgan fingerprint density at radius 3 is 2.75 bits per heavy atom. The van der Waals surface area contributed by atoms with Gasteiger partial charge in [-0.25, -0.2) is 4.98 Å². The van der Waals surface area contributed by atoms with Crippen LogP contribution in [0.15, 0.2) is 66.9 Å². The number of anilines is 4. The monoisotopic (exact) mass is 369 g/mol. The van der Waals surface area contributed by atoms with E-state index in [0.29, 0.717) is 0 Å². The van der Waals surface area contributed by atoms with Crippen molar-refractivity contribution in [2.24, 2.45) is 0 Å². The Morgan fingerprint density at radius 1 is 1.04 bits per heavy atom. The van der Waals surface area contributed by atoms with Gasteiger partial charge in [0.05, 0.1) is 17.9 Å². The van der Waals surface area contributed by atoms with Crippen LogP contribution < -0.4 is 16.0 Å². The van der Waals surface area contributed by atoms with Gasteiger partial charge in [0.1, 0.15) is 17.2 Å². The van der Waals surface area contributed by atoms with E-state index in [1.54, 1.807) is 0 Å². The lowest BCUT2D eigenvalue weighted by atomic mass is 10.1. The molecular formula is C22H19N5O. The van der Waals surface area contributed by atoms with Crippen LogP contribution in [0, 0.1) is 6.92 Å². The number of benzene rings is 2. The van der Waals surface area contributed by atoms with Crippen LogP contribution in [-0.4, -0.2) is 21.8 Å². The Morgan fingerprint density at radius 2 is 1.89 bits per heavy atom. The lowest BCUT2D eigenvalue weighted by Gasteiger charge is -2.21. The Bertz CT molecular complexity index is 1190. The fraction of sp³-hybridized carbons (Fsp3) is 0.0909. The fourth-order valence-electron chi connectivity index (χ4n) is 3.48. The SMILES string of the molecule is Cc1ccc(Nc2c(-c3cccc4c3NCC(=O)N4)nc3ccccn23)cc1. The third kappa shape index (κ3) is 2.75. The standard InChI is InChI=1S/C22H19N5O/c1-14-8-10-15(11-9-14)24-22-21(26-18-7-2-3-12-27(18)22)16-5-4-6-17-20(16)23-13-19(28)25-17/h2-12,23-24H,13H2,1H3,(H,25,28). The van der Waals surface area contributed by atoms with Gasteiger partial charge in [0.2, 0.25) is 5.91 Å². The predicted molar refractivity (Wildman–Crippen MR) is 112 cm³/mol. The van der Waals surface area contributed by atoms with Crippen LogP contribution in [0.2, 0.25) is 0 Å². The van der Waals surface area contributed by atoms with Gasteiger partial charge < -0.3 is 16.0 Å². The summed E-state index contributed by atoms with van der Waals surface area (Å²) in [5, 5.41) is 9.68. The molecule has 2 aromatic heterocycles. The molecule has 28 heavy (non-hydrogen) atoms. The average Bonchev–Trinajstić information content (AvgIpc) is 3.07. The molecule has 138 valence electrons. The number of hydrogen-bond donors (Lipinski definition) is 3. The molecule has 6 nitrogen and oxygen atoms in total. The molecule has 1 amide bonds. The van der Waals surface area contributed by atoms with Gasteiger partial charge in [0.15, 0.2) is 0 Å². The number of rotatable bonds is 3. The molecule has 5 rings (SSSR count). The summed E-state index contributed by atoms with van der Waals surface area (Å²) >= 11 is 0. The summed E-state index contributed by atoms with van der Waals surface area (Å²) in [6.07, 6.45) is 1.99. The van der Waals surface area contributed by atoms with E-state index in [1.807, 2.05) is 47.0 Å². The van der Waals surface area contributed by atoms with Gasteiger partial charge in [-0.05, 0) is 37.3 Å². The average molecular weight is 369 g/mol. The van der Waals surface area contributed by atoms with Crippen LogP contribution in [0.25, 0.3) is 16.9 Å². The minimum atomic E-state index is -0.0438. The first-order chi connectivity index (χ1) is 13.7. The van der Waals surface area contributed by atoms with E-state index in [0.717, 1.165) is 39.8 Å². The molecule has 1 aliphatic heterocycles. The summed E-state index contributed by atoms with van der Waals surface area (Å²) in [6.45, 7) is 2.32. The van der Waals surface area contributed by atoms with Crippen LogP contribution in [0.4, 0.5) is 22.9 Å². The summed E-state index contributed by atoms with van der Waals surface area (Å²) in [5.74, 6) is 0.837. The number of aromatic nitrogens is 2. The third-order valence-electron chi connectivity index (χ3n) is 4.86. The summed E-state index contributed by atoms with van der Waals surface area (Å²) < 4.78 is 2.04. The number of pyridine rings is 1. The second-order valence-corrected chi connectivity index (χ2v) is 6.86. The molecule has 1 aliphatic rings. The quantitative estimate of drug-likeness (QED) is 0.500. The number of aryl methyl sites for hydroxylation is 1. The Kier molecular flexibility index (Phi) is 3.76. The molecule has 4 aromatic rings. The van der Waals surface area contributed by atoms with Crippen LogP contribution in [-0.2, 0) is 4.79 Å². The second-order valence-electron chi connectivity index (χ2n) is 6.86. The second kappa shape index (κ2) is 6.42. The molecule has 6 heteroatoms. The zero-order chi connectivity index (χ0) is 19.1. The van der Waals surface area contributed by atoms with E-state index >= 15 is 0 Å². The maximum Gasteiger partial charge on any atom is 0.243 e. The van der Waals surface area contributed by atoms with Crippen molar-refractivity contribution in [2.45, 2.75) is 6.92 Å². The van der Waals surface area contributed by atoms with Gasteiger partial charge in [-0.3, -0.25) is 9.20 Å². The van der Waals surface area contributed by atoms with E-state index in [-0.39, 0.29) is 12.5 Å². The molecule has 0 saturated carbocycles. The summed E-state index contributed by atoms with van der Waals surface area (Å²) in [7, 11) is 0. The number of carbonyl (C=O) groups is 1. The van der Waals surface area contributed by atoms with Crippen molar-refractivity contribution in [1.29, 1.82) is 0 Å². The maximum absolute atomic E-state index is 11.7. The van der Waals surface area contributed by atoms with Gasteiger partial charge >= 0.3 is 0 Å². The molecule has 0 atom stereocenters. The lowest BCUT2D eigenvalue weighted by Crippen LogP contribution is -2.27. The number of hydrogen-bond acceptors (Lipinski definition) is 4. The molecule has 3 N–H and O–H groups in total. The fourth-order valence-corrected chi connectivity index (χ4v) is 3.48. The van der Waals surface area contributed by atoms with Crippen molar-refractivity contribution >= 4 is 34.4 Å². The van der Waals surface area contributed by atoms with Gasteiger partial charge in [-0.1, -0.05) is 35.9 Å². The minimum absolute atomic E-state index is 0.0438. The normalized spacial score (nSPS) is 13.0. The van der Waals surface area contributed by atoms with E-state index in [2.05, 4.69) is 47.1 Å². The highest BCUT2D eigenvalue weighted by atomic mass is 16.2. The Labute approximate surface area is 162 Å². The summed E-state index contributed by atoms with van der Waals surface area (Å²) in [6, 6.07) is 20.0. The first kappa shape index (κ1) is 16.4. The Balaban J connectivity index is 1.69. The van der Waals surface area contributed by atoms with Gasteiger partial charge in [-0.15, -0.1) is 0 Å². The first-order valence-electron chi connectivity index (χ1n) is 9.17. The molecule has 0 fully saturated rings. The molecule has 0 radical (unpaired) electrons. The van der Waals surface area contributed by atoms with Crippen LogP contribution in [0.3, 0.4) is 0 Å². The number of nitrogens with zero attached hydrogens (tertiary/aromatic N) is 2. The summed E-state index contributed by atoms with van der Waals surface area (Å²) in [5.41, 5.74) is 6.47. The zero-order valence-electron chi connectivity index (χ0n) is 15.4. The van der Waals surface area contributed by atoms with Crippen molar-refractivity contribution in [3.05, 3.63) is 72.4 Å². The van der Waals surface area contributed by atoms with Gasteiger partial charge in [0, 0.05) is 17.4 Å². The molecular weight excluding hydrogens is 350 g/mol. The highest BCUT2D eigenvalue weighted by Crippen LogP contribution is 2.39. The van der Waals surface area contributed by atoms with Crippen LogP contribution in [0.5, 0.6) is 0 Å². The van der Waals surface area contributed by atoms with Crippen molar-refractivity contribution in [3.8, 4) is 11.3 Å². The molecule has 0 unspecified atom stereocenters. The zero-order valence-corrected chi connectivity index (χ0v) is 15.4. The van der Waals surface area contributed by atoms with E-state index < -0.39 is 0 Å². The molecule has 0 aliphatic carbocycles.